The fourth-order valence-electron chi connectivity index (χ4n) is 1.96. The number of methoxy groups -OCH3 is 4. The Morgan fingerprint density at radius 3 is 2.31 bits per heavy atom. The quantitative estimate of drug-likeness (QED) is 0.594. The lowest BCUT2D eigenvalue weighted by atomic mass is 9.97. The van der Waals surface area contributed by atoms with Gasteiger partial charge in [-0.1, -0.05) is 0 Å². The van der Waals surface area contributed by atoms with Crippen LogP contribution in [-0.4, -0.2) is 65.8 Å². The molecule has 16 heavy (non-hydrogen) atoms. The van der Waals surface area contributed by atoms with E-state index in [4.69, 9.17) is 23.7 Å². The van der Waals surface area contributed by atoms with Crippen molar-refractivity contribution in [3.05, 3.63) is 0 Å². The molecular weight excluding hydrogens is 216 g/mol. The topological polar surface area (TPSA) is 69.2 Å². The Morgan fingerprint density at radius 2 is 1.88 bits per heavy atom. The van der Waals surface area contributed by atoms with Crippen LogP contribution in [0.1, 0.15) is 0 Å². The summed E-state index contributed by atoms with van der Waals surface area (Å²) >= 11 is 0. The van der Waals surface area contributed by atoms with E-state index in [-0.39, 0.29) is 19.3 Å². The predicted molar refractivity (Wildman–Crippen MR) is 53.0 cm³/mol. The summed E-state index contributed by atoms with van der Waals surface area (Å²) in [5.74, 6) is -1.75. The second-order valence-electron chi connectivity index (χ2n) is 3.69. The molecule has 1 heterocycles. The van der Waals surface area contributed by atoms with Crippen molar-refractivity contribution in [2.75, 3.05) is 41.7 Å². The lowest BCUT2D eigenvalue weighted by Gasteiger charge is -2.52. The zero-order chi connectivity index (χ0) is 12.2. The minimum absolute atomic E-state index is 0.0954. The van der Waals surface area contributed by atoms with E-state index in [1.54, 1.807) is 7.11 Å². The molecule has 1 rings (SSSR count). The summed E-state index contributed by atoms with van der Waals surface area (Å²) < 4.78 is 25.7. The number of hydrogen-bond acceptors (Lipinski definition) is 6. The first kappa shape index (κ1) is 13.8. The molecule has 0 amide bonds. The highest BCUT2D eigenvalue weighted by atomic mass is 16.7. The van der Waals surface area contributed by atoms with E-state index in [1.165, 1.54) is 21.3 Å². The third-order valence-corrected chi connectivity index (χ3v) is 2.76. The van der Waals surface area contributed by atoms with Crippen molar-refractivity contribution in [1.82, 2.24) is 0 Å². The van der Waals surface area contributed by atoms with Gasteiger partial charge in [-0.2, -0.15) is 0 Å². The molecule has 0 bridgehead atoms. The molecule has 0 saturated carbocycles. The summed E-state index contributed by atoms with van der Waals surface area (Å²) in [6.07, 6.45) is -1.54. The van der Waals surface area contributed by atoms with Crippen LogP contribution in [0.15, 0.2) is 0 Å². The van der Waals surface area contributed by atoms with Crippen LogP contribution in [0.2, 0.25) is 0 Å². The molecule has 0 spiro atoms. The number of ether oxygens (including phenoxy) is 5. The first-order valence-electron chi connectivity index (χ1n) is 5.04. The molecule has 6 nitrogen and oxygen atoms in total. The van der Waals surface area contributed by atoms with Gasteiger partial charge in [-0.25, -0.2) is 0 Å². The molecule has 0 N–H and O–H groups in total. The predicted octanol–water partition coefficient (Wildman–Crippen LogP) is -1.24. The number of hydrogen-bond donors (Lipinski definition) is 0. The summed E-state index contributed by atoms with van der Waals surface area (Å²) in [7, 11) is 5.95. The van der Waals surface area contributed by atoms with Crippen molar-refractivity contribution in [2.24, 2.45) is 0 Å². The van der Waals surface area contributed by atoms with Gasteiger partial charge in [0.15, 0.2) is 0 Å². The molecule has 0 aromatic rings. The summed E-state index contributed by atoms with van der Waals surface area (Å²) in [6.45, 7) is 0.0729. The van der Waals surface area contributed by atoms with E-state index in [9.17, 15) is 5.11 Å². The summed E-state index contributed by atoms with van der Waals surface area (Å²) in [5.41, 5.74) is 0. The molecule has 1 saturated heterocycles. The lowest BCUT2D eigenvalue weighted by molar-refractivity contribution is -0.593. The van der Waals surface area contributed by atoms with Gasteiger partial charge in [0.2, 0.25) is 0 Å². The van der Waals surface area contributed by atoms with E-state index >= 15 is 0 Å². The maximum atomic E-state index is 12.3. The molecule has 96 valence electrons. The van der Waals surface area contributed by atoms with Crippen LogP contribution >= 0.6 is 0 Å². The van der Waals surface area contributed by atoms with Crippen molar-refractivity contribution in [1.29, 1.82) is 0 Å². The molecule has 1 aliphatic rings. The van der Waals surface area contributed by atoms with Crippen LogP contribution in [0.5, 0.6) is 0 Å². The average Bonchev–Trinajstić information content (AvgIpc) is 2.28. The first-order valence-corrected chi connectivity index (χ1v) is 5.04. The van der Waals surface area contributed by atoms with Gasteiger partial charge in [0.25, 0.3) is 0 Å². The molecule has 4 atom stereocenters. The fourth-order valence-corrected chi connectivity index (χ4v) is 1.96. The first-order chi connectivity index (χ1) is 7.62. The van der Waals surface area contributed by atoms with Gasteiger partial charge in [0.1, 0.15) is 18.3 Å². The molecule has 0 aliphatic carbocycles. The SMILES string of the molecule is COC[C@@]1([O-])OC[C@@H](OC)[C@@H](OC)[C@@H]1OC. The van der Waals surface area contributed by atoms with Crippen molar-refractivity contribution < 1.29 is 28.8 Å². The van der Waals surface area contributed by atoms with Gasteiger partial charge < -0.3 is 28.8 Å². The fraction of sp³-hybridized carbons (Fsp3) is 1.00. The van der Waals surface area contributed by atoms with E-state index in [0.29, 0.717) is 0 Å². The summed E-state index contributed by atoms with van der Waals surface area (Å²) in [6, 6.07) is 0. The maximum Gasteiger partial charge on any atom is 0.113 e. The Morgan fingerprint density at radius 1 is 1.19 bits per heavy atom. The van der Waals surface area contributed by atoms with Crippen LogP contribution < -0.4 is 5.11 Å². The van der Waals surface area contributed by atoms with Gasteiger partial charge in [-0.15, -0.1) is 0 Å². The van der Waals surface area contributed by atoms with Gasteiger partial charge in [-0.3, -0.25) is 0 Å². The highest BCUT2D eigenvalue weighted by Crippen LogP contribution is 2.27. The minimum atomic E-state index is -1.75. The Kier molecular flexibility index (Phi) is 5.10. The lowest BCUT2D eigenvalue weighted by Crippen LogP contribution is -2.70. The van der Waals surface area contributed by atoms with Crippen LogP contribution in [0.3, 0.4) is 0 Å². The largest absolute Gasteiger partial charge is 0.825 e. The molecule has 0 unspecified atom stereocenters. The van der Waals surface area contributed by atoms with E-state index in [1.807, 2.05) is 0 Å². The zero-order valence-electron chi connectivity index (χ0n) is 10.1. The van der Waals surface area contributed by atoms with Crippen molar-refractivity contribution in [2.45, 2.75) is 24.1 Å². The summed E-state index contributed by atoms with van der Waals surface area (Å²) in [4.78, 5) is 0. The second kappa shape index (κ2) is 5.90. The third kappa shape index (κ3) is 2.53. The Labute approximate surface area is 95.4 Å². The molecule has 0 aromatic heterocycles. The van der Waals surface area contributed by atoms with Gasteiger partial charge >= 0.3 is 0 Å². The minimum Gasteiger partial charge on any atom is -0.825 e. The van der Waals surface area contributed by atoms with Crippen molar-refractivity contribution >= 4 is 0 Å². The monoisotopic (exact) mass is 235 g/mol. The van der Waals surface area contributed by atoms with E-state index in [2.05, 4.69) is 0 Å². The zero-order valence-corrected chi connectivity index (χ0v) is 10.1. The smallest absolute Gasteiger partial charge is 0.113 e. The molecule has 0 aromatic carbocycles. The van der Waals surface area contributed by atoms with Gasteiger partial charge in [0, 0.05) is 34.2 Å². The van der Waals surface area contributed by atoms with Crippen LogP contribution in [0.4, 0.5) is 0 Å². The normalized spacial score (nSPS) is 39.9. The number of rotatable bonds is 5. The maximum absolute atomic E-state index is 12.3. The molecular formula is C10H19O6-. The van der Waals surface area contributed by atoms with Crippen molar-refractivity contribution in [3.8, 4) is 0 Å². The van der Waals surface area contributed by atoms with Crippen molar-refractivity contribution in [3.63, 3.8) is 0 Å². The molecule has 6 heteroatoms. The summed E-state index contributed by atoms with van der Waals surface area (Å²) in [5, 5.41) is 12.3. The van der Waals surface area contributed by atoms with E-state index < -0.39 is 18.0 Å². The second-order valence-corrected chi connectivity index (χ2v) is 3.69. The highest BCUT2D eigenvalue weighted by Gasteiger charge is 2.45. The van der Waals surface area contributed by atoms with Gasteiger partial charge in [-0.05, 0) is 0 Å². The Bertz CT molecular complexity index is 211. The highest BCUT2D eigenvalue weighted by molar-refractivity contribution is 4.93. The molecule has 1 aliphatic heterocycles. The van der Waals surface area contributed by atoms with Crippen LogP contribution in [0.25, 0.3) is 0 Å². The van der Waals surface area contributed by atoms with Crippen LogP contribution in [-0.2, 0) is 23.7 Å². The van der Waals surface area contributed by atoms with Gasteiger partial charge in [0.05, 0.1) is 13.2 Å². The van der Waals surface area contributed by atoms with Crippen LogP contribution in [0, 0.1) is 0 Å². The standard InChI is InChI=1S/C10H19O6/c1-12-6-10(11)9(15-4)8(14-3)7(13-2)5-16-10/h7-9H,5-6H2,1-4H3/q-1/t7-,8-,9+,10-/m1/s1. The Hall–Kier alpha value is -0.240. The Balaban J connectivity index is 2.83. The molecule has 1 fully saturated rings. The molecule has 0 radical (unpaired) electrons. The van der Waals surface area contributed by atoms with E-state index in [0.717, 1.165) is 0 Å². The third-order valence-electron chi connectivity index (χ3n) is 2.76. The average molecular weight is 235 g/mol.